The highest BCUT2D eigenvalue weighted by Crippen LogP contribution is 2.24. The van der Waals surface area contributed by atoms with Crippen molar-refractivity contribution in [1.82, 2.24) is 0 Å². The maximum Gasteiger partial charge on any atom is 0.124 e. The fourth-order valence-corrected chi connectivity index (χ4v) is 1.67. The Morgan fingerprint density at radius 3 is 2.44 bits per heavy atom. The molecule has 0 atom stereocenters. The molecule has 0 saturated carbocycles. The van der Waals surface area contributed by atoms with Crippen LogP contribution in [0.5, 0.6) is 11.5 Å². The SMILES string of the molecule is COc1ccc(COc2cccc(N)c2C)cc1. The Balaban J connectivity index is 2.04. The zero-order chi connectivity index (χ0) is 13.0. The molecule has 0 aliphatic heterocycles. The summed E-state index contributed by atoms with van der Waals surface area (Å²) in [6.07, 6.45) is 0. The van der Waals surface area contributed by atoms with Crippen molar-refractivity contribution >= 4 is 5.69 Å². The van der Waals surface area contributed by atoms with Gasteiger partial charge in [0.05, 0.1) is 7.11 Å². The summed E-state index contributed by atoms with van der Waals surface area (Å²) in [5, 5.41) is 0. The first-order chi connectivity index (χ1) is 8.70. The molecule has 0 fully saturated rings. The molecule has 0 bridgehead atoms. The normalized spacial score (nSPS) is 10.1. The topological polar surface area (TPSA) is 44.5 Å². The van der Waals surface area contributed by atoms with Crippen molar-refractivity contribution in [2.75, 3.05) is 12.8 Å². The molecule has 2 N–H and O–H groups in total. The highest BCUT2D eigenvalue weighted by molar-refractivity contribution is 5.53. The number of hydrogen-bond donors (Lipinski definition) is 1. The zero-order valence-electron chi connectivity index (χ0n) is 10.6. The van der Waals surface area contributed by atoms with Crippen molar-refractivity contribution in [3.63, 3.8) is 0 Å². The minimum atomic E-state index is 0.522. The van der Waals surface area contributed by atoms with Gasteiger partial charge >= 0.3 is 0 Å². The van der Waals surface area contributed by atoms with Crippen LogP contribution in [0.15, 0.2) is 42.5 Å². The highest BCUT2D eigenvalue weighted by atomic mass is 16.5. The molecule has 0 amide bonds. The van der Waals surface area contributed by atoms with E-state index >= 15 is 0 Å². The molecule has 0 spiro atoms. The van der Waals surface area contributed by atoms with Crippen LogP contribution in [0.25, 0.3) is 0 Å². The largest absolute Gasteiger partial charge is 0.497 e. The van der Waals surface area contributed by atoms with Crippen LogP contribution < -0.4 is 15.2 Å². The molecule has 2 aromatic carbocycles. The summed E-state index contributed by atoms with van der Waals surface area (Å²) in [4.78, 5) is 0. The maximum absolute atomic E-state index is 5.83. The summed E-state index contributed by atoms with van der Waals surface area (Å²) in [5.74, 6) is 1.67. The summed E-state index contributed by atoms with van der Waals surface area (Å²) >= 11 is 0. The second kappa shape index (κ2) is 5.45. The number of nitrogen functional groups attached to an aromatic ring is 1. The smallest absolute Gasteiger partial charge is 0.124 e. The fraction of sp³-hybridized carbons (Fsp3) is 0.200. The van der Waals surface area contributed by atoms with Gasteiger partial charge in [-0.25, -0.2) is 0 Å². The van der Waals surface area contributed by atoms with Crippen molar-refractivity contribution in [2.24, 2.45) is 0 Å². The molecule has 94 valence electrons. The minimum absolute atomic E-state index is 0.522. The summed E-state index contributed by atoms with van der Waals surface area (Å²) in [6, 6.07) is 13.5. The molecule has 3 heteroatoms. The van der Waals surface area contributed by atoms with Gasteiger partial charge in [0.1, 0.15) is 18.1 Å². The standard InChI is InChI=1S/C15H17NO2/c1-11-14(16)4-3-5-15(11)18-10-12-6-8-13(17-2)9-7-12/h3-9H,10,16H2,1-2H3. The van der Waals surface area contributed by atoms with Gasteiger partial charge in [0.25, 0.3) is 0 Å². The third-order valence-electron chi connectivity index (χ3n) is 2.88. The third kappa shape index (κ3) is 2.74. The van der Waals surface area contributed by atoms with Crippen molar-refractivity contribution in [3.8, 4) is 11.5 Å². The van der Waals surface area contributed by atoms with E-state index in [1.54, 1.807) is 7.11 Å². The molecule has 2 rings (SSSR count). The molecule has 0 saturated heterocycles. The van der Waals surface area contributed by atoms with Crippen LogP contribution in [0.2, 0.25) is 0 Å². The lowest BCUT2D eigenvalue weighted by Crippen LogP contribution is -1.99. The van der Waals surface area contributed by atoms with E-state index in [4.69, 9.17) is 15.2 Å². The van der Waals surface area contributed by atoms with Gasteiger partial charge < -0.3 is 15.2 Å². The second-order valence-electron chi connectivity index (χ2n) is 4.11. The van der Waals surface area contributed by atoms with Gasteiger partial charge in [-0.2, -0.15) is 0 Å². The first-order valence-corrected chi connectivity index (χ1v) is 5.81. The number of anilines is 1. The van der Waals surface area contributed by atoms with E-state index in [0.29, 0.717) is 6.61 Å². The molecule has 0 heterocycles. The summed E-state index contributed by atoms with van der Waals surface area (Å²) in [7, 11) is 1.65. The number of hydrogen-bond acceptors (Lipinski definition) is 3. The van der Waals surface area contributed by atoms with Gasteiger partial charge in [0.15, 0.2) is 0 Å². The Morgan fingerprint density at radius 2 is 1.78 bits per heavy atom. The fourth-order valence-electron chi connectivity index (χ4n) is 1.67. The van der Waals surface area contributed by atoms with E-state index in [1.807, 2.05) is 49.4 Å². The molecule has 0 aliphatic rings. The first kappa shape index (κ1) is 12.3. The molecule has 0 unspecified atom stereocenters. The molecular formula is C15H17NO2. The quantitative estimate of drug-likeness (QED) is 0.839. The lowest BCUT2D eigenvalue weighted by atomic mass is 10.2. The van der Waals surface area contributed by atoms with Crippen LogP contribution in [-0.4, -0.2) is 7.11 Å². The molecular weight excluding hydrogens is 226 g/mol. The Morgan fingerprint density at radius 1 is 1.06 bits per heavy atom. The van der Waals surface area contributed by atoms with Crippen molar-refractivity contribution in [1.29, 1.82) is 0 Å². The van der Waals surface area contributed by atoms with Gasteiger partial charge in [-0.1, -0.05) is 18.2 Å². The van der Waals surface area contributed by atoms with Crippen LogP contribution in [0.3, 0.4) is 0 Å². The Labute approximate surface area is 107 Å². The maximum atomic E-state index is 5.83. The average Bonchev–Trinajstić information content (AvgIpc) is 2.41. The highest BCUT2D eigenvalue weighted by Gasteiger charge is 2.02. The lowest BCUT2D eigenvalue weighted by Gasteiger charge is -2.11. The van der Waals surface area contributed by atoms with Gasteiger partial charge in [-0.15, -0.1) is 0 Å². The number of methoxy groups -OCH3 is 1. The van der Waals surface area contributed by atoms with E-state index in [1.165, 1.54) is 0 Å². The third-order valence-corrected chi connectivity index (χ3v) is 2.88. The van der Waals surface area contributed by atoms with Gasteiger partial charge in [-0.3, -0.25) is 0 Å². The number of rotatable bonds is 4. The van der Waals surface area contributed by atoms with E-state index in [0.717, 1.165) is 28.3 Å². The zero-order valence-corrected chi connectivity index (χ0v) is 10.6. The van der Waals surface area contributed by atoms with Gasteiger partial charge in [-0.05, 0) is 36.8 Å². The molecule has 0 aliphatic carbocycles. The van der Waals surface area contributed by atoms with Crippen molar-refractivity contribution in [3.05, 3.63) is 53.6 Å². The minimum Gasteiger partial charge on any atom is -0.497 e. The average molecular weight is 243 g/mol. The molecule has 2 aromatic rings. The van der Waals surface area contributed by atoms with Crippen LogP contribution in [0.4, 0.5) is 5.69 Å². The number of ether oxygens (including phenoxy) is 2. The summed E-state index contributed by atoms with van der Waals surface area (Å²) in [6.45, 7) is 2.48. The van der Waals surface area contributed by atoms with Gasteiger partial charge in [0, 0.05) is 11.3 Å². The second-order valence-corrected chi connectivity index (χ2v) is 4.11. The molecule has 0 radical (unpaired) electrons. The van der Waals surface area contributed by atoms with E-state index < -0.39 is 0 Å². The molecule has 18 heavy (non-hydrogen) atoms. The van der Waals surface area contributed by atoms with E-state index in [9.17, 15) is 0 Å². The van der Waals surface area contributed by atoms with E-state index in [2.05, 4.69) is 0 Å². The lowest BCUT2D eigenvalue weighted by molar-refractivity contribution is 0.304. The van der Waals surface area contributed by atoms with Crippen LogP contribution in [0.1, 0.15) is 11.1 Å². The van der Waals surface area contributed by atoms with Crippen LogP contribution in [-0.2, 0) is 6.61 Å². The first-order valence-electron chi connectivity index (χ1n) is 5.81. The Kier molecular flexibility index (Phi) is 3.72. The Hall–Kier alpha value is -2.16. The summed E-state index contributed by atoms with van der Waals surface area (Å²) < 4.78 is 10.9. The molecule has 0 aromatic heterocycles. The van der Waals surface area contributed by atoms with Crippen molar-refractivity contribution in [2.45, 2.75) is 13.5 Å². The van der Waals surface area contributed by atoms with Crippen LogP contribution in [0, 0.1) is 6.92 Å². The summed E-state index contributed by atoms with van der Waals surface area (Å²) in [5.41, 5.74) is 8.66. The Bertz CT molecular complexity index is 521. The monoisotopic (exact) mass is 243 g/mol. The predicted molar refractivity (Wildman–Crippen MR) is 72.9 cm³/mol. The number of benzene rings is 2. The van der Waals surface area contributed by atoms with Gasteiger partial charge in [0.2, 0.25) is 0 Å². The van der Waals surface area contributed by atoms with Crippen molar-refractivity contribution < 1.29 is 9.47 Å². The van der Waals surface area contributed by atoms with Crippen LogP contribution >= 0.6 is 0 Å². The van der Waals surface area contributed by atoms with E-state index in [-0.39, 0.29) is 0 Å². The number of nitrogens with two attached hydrogens (primary N) is 1. The molecule has 3 nitrogen and oxygen atoms in total. The predicted octanol–water partition coefficient (Wildman–Crippen LogP) is 3.16.